The molecule has 7 heteroatoms. The molecule has 0 aliphatic rings. The van der Waals surface area contributed by atoms with Crippen LogP contribution in [-0.2, 0) is 13.6 Å². The van der Waals surface area contributed by atoms with Gasteiger partial charge >= 0.3 is 0 Å². The summed E-state index contributed by atoms with van der Waals surface area (Å²) in [7, 11) is 1.82. The Morgan fingerprint density at radius 1 is 1.53 bits per heavy atom. The molecule has 2 aromatic rings. The molecule has 0 amide bonds. The molecule has 0 spiro atoms. The van der Waals surface area contributed by atoms with Gasteiger partial charge in [-0.2, -0.15) is 0 Å². The molecule has 1 atom stereocenters. The Labute approximate surface area is 110 Å². The Morgan fingerprint density at radius 3 is 2.95 bits per heavy atom. The van der Waals surface area contributed by atoms with Crippen molar-refractivity contribution in [3.8, 4) is 0 Å². The quantitative estimate of drug-likeness (QED) is 0.652. The minimum atomic E-state index is -0.388. The third-order valence-corrected chi connectivity index (χ3v) is 2.98. The lowest BCUT2D eigenvalue weighted by atomic mass is 10.1. The molecule has 1 aromatic heterocycles. The van der Waals surface area contributed by atoms with E-state index in [0.29, 0.717) is 6.54 Å². The van der Waals surface area contributed by atoms with Gasteiger partial charge in [0.05, 0.1) is 16.8 Å². The summed E-state index contributed by atoms with van der Waals surface area (Å²) in [5.74, 6) is 0. The van der Waals surface area contributed by atoms with Gasteiger partial charge in [0.15, 0.2) is 0 Å². The number of benzene rings is 1. The van der Waals surface area contributed by atoms with Crippen molar-refractivity contribution in [1.82, 2.24) is 20.3 Å². The van der Waals surface area contributed by atoms with E-state index in [2.05, 4.69) is 15.6 Å². The smallest absolute Gasteiger partial charge is 0.269 e. The average Bonchev–Trinajstić information content (AvgIpc) is 2.81. The number of nitrogens with one attached hydrogen (secondary N) is 1. The van der Waals surface area contributed by atoms with Gasteiger partial charge in [0.2, 0.25) is 0 Å². The monoisotopic (exact) mass is 261 g/mol. The fourth-order valence-corrected chi connectivity index (χ4v) is 1.75. The molecule has 1 unspecified atom stereocenters. The van der Waals surface area contributed by atoms with Gasteiger partial charge in [0, 0.05) is 31.8 Å². The first kappa shape index (κ1) is 13.2. The van der Waals surface area contributed by atoms with E-state index in [1.165, 1.54) is 6.07 Å². The molecule has 19 heavy (non-hydrogen) atoms. The zero-order chi connectivity index (χ0) is 13.8. The predicted molar refractivity (Wildman–Crippen MR) is 69.4 cm³/mol. The van der Waals surface area contributed by atoms with Crippen molar-refractivity contribution in [1.29, 1.82) is 0 Å². The van der Waals surface area contributed by atoms with Gasteiger partial charge in [0.25, 0.3) is 5.69 Å². The maximum absolute atomic E-state index is 10.7. The number of non-ortho nitro benzene ring substituents is 1. The fraction of sp³-hybridized carbons (Fsp3) is 0.333. The summed E-state index contributed by atoms with van der Waals surface area (Å²) in [5, 5.41) is 21.7. The van der Waals surface area contributed by atoms with E-state index in [-0.39, 0.29) is 16.7 Å². The van der Waals surface area contributed by atoms with E-state index in [1.54, 1.807) is 23.0 Å². The van der Waals surface area contributed by atoms with Crippen LogP contribution < -0.4 is 5.32 Å². The first-order chi connectivity index (χ1) is 9.08. The molecule has 1 aromatic carbocycles. The largest absolute Gasteiger partial charge is 0.305 e. The summed E-state index contributed by atoms with van der Waals surface area (Å²) in [6.45, 7) is 2.57. The fourth-order valence-electron chi connectivity index (χ4n) is 1.75. The van der Waals surface area contributed by atoms with Gasteiger partial charge < -0.3 is 5.32 Å². The highest BCUT2D eigenvalue weighted by Gasteiger charge is 2.11. The molecule has 2 rings (SSSR count). The zero-order valence-corrected chi connectivity index (χ0v) is 10.8. The van der Waals surface area contributed by atoms with Gasteiger partial charge in [-0.15, -0.1) is 5.10 Å². The number of hydrogen-bond donors (Lipinski definition) is 1. The molecule has 7 nitrogen and oxygen atoms in total. The van der Waals surface area contributed by atoms with E-state index in [1.807, 2.05) is 20.0 Å². The minimum absolute atomic E-state index is 0.00907. The molecule has 100 valence electrons. The van der Waals surface area contributed by atoms with Gasteiger partial charge in [-0.3, -0.25) is 14.8 Å². The van der Waals surface area contributed by atoms with Crippen molar-refractivity contribution in [3.05, 3.63) is 51.8 Å². The predicted octanol–water partition coefficient (Wildman–Crippen LogP) is 1.57. The number of hydrogen-bond acceptors (Lipinski definition) is 5. The molecule has 0 aliphatic heterocycles. The molecule has 0 fully saturated rings. The number of nitrogens with zero attached hydrogens (tertiary/aromatic N) is 4. The van der Waals surface area contributed by atoms with E-state index in [9.17, 15) is 10.1 Å². The minimum Gasteiger partial charge on any atom is -0.305 e. The topological polar surface area (TPSA) is 85.9 Å². The van der Waals surface area contributed by atoms with Gasteiger partial charge in [-0.1, -0.05) is 17.3 Å². The lowest BCUT2D eigenvalue weighted by Gasteiger charge is -2.13. The summed E-state index contributed by atoms with van der Waals surface area (Å²) in [6, 6.07) is 6.64. The van der Waals surface area contributed by atoms with Crippen LogP contribution in [0, 0.1) is 10.1 Å². The summed E-state index contributed by atoms with van der Waals surface area (Å²) < 4.78 is 1.69. The Hall–Kier alpha value is -2.28. The van der Waals surface area contributed by atoms with Gasteiger partial charge in [-0.25, -0.2) is 0 Å². The molecule has 0 bridgehead atoms. The van der Waals surface area contributed by atoms with Gasteiger partial charge in [0.1, 0.15) is 0 Å². The van der Waals surface area contributed by atoms with Crippen molar-refractivity contribution in [2.24, 2.45) is 7.05 Å². The Bertz CT molecular complexity index is 581. The second-order valence-corrected chi connectivity index (χ2v) is 4.30. The van der Waals surface area contributed by atoms with Crippen LogP contribution in [0.5, 0.6) is 0 Å². The summed E-state index contributed by atoms with van der Waals surface area (Å²) in [5.41, 5.74) is 1.94. The molecule has 0 radical (unpaired) electrons. The molecular formula is C12H15N5O2. The Balaban J connectivity index is 2.03. The van der Waals surface area contributed by atoms with Crippen LogP contribution in [0.3, 0.4) is 0 Å². The van der Waals surface area contributed by atoms with E-state index in [4.69, 9.17) is 0 Å². The first-order valence-corrected chi connectivity index (χ1v) is 5.89. The second kappa shape index (κ2) is 5.57. The van der Waals surface area contributed by atoms with Crippen molar-refractivity contribution in [2.75, 3.05) is 0 Å². The van der Waals surface area contributed by atoms with Crippen LogP contribution in [0.4, 0.5) is 5.69 Å². The van der Waals surface area contributed by atoms with E-state index in [0.717, 1.165) is 11.3 Å². The van der Waals surface area contributed by atoms with E-state index < -0.39 is 0 Å². The van der Waals surface area contributed by atoms with Crippen LogP contribution in [0.1, 0.15) is 24.2 Å². The number of rotatable bonds is 5. The SMILES string of the molecule is CC(NCc1cnnn1C)c1cccc([N+](=O)[O-])c1. The number of nitro groups is 1. The lowest BCUT2D eigenvalue weighted by molar-refractivity contribution is -0.384. The highest BCUT2D eigenvalue weighted by atomic mass is 16.6. The molecule has 0 saturated heterocycles. The van der Waals surface area contributed by atoms with Crippen LogP contribution in [0.15, 0.2) is 30.5 Å². The van der Waals surface area contributed by atoms with Crippen molar-refractivity contribution in [2.45, 2.75) is 19.5 Å². The van der Waals surface area contributed by atoms with Crippen molar-refractivity contribution in [3.63, 3.8) is 0 Å². The van der Waals surface area contributed by atoms with Crippen LogP contribution >= 0.6 is 0 Å². The number of aryl methyl sites for hydroxylation is 1. The Kier molecular flexibility index (Phi) is 3.86. The average molecular weight is 261 g/mol. The summed E-state index contributed by atoms with van der Waals surface area (Å²) in [6.07, 6.45) is 1.69. The second-order valence-electron chi connectivity index (χ2n) is 4.30. The Morgan fingerprint density at radius 2 is 2.32 bits per heavy atom. The normalized spacial score (nSPS) is 12.3. The molecular weight excluding hydrogens is 246 g/mol. The number of aromatic nitrogens is 3. The van der Waals surface area contributed by atoms with Crippen LogP contribution in [0.25, 0.3) is 0 Å². The molecule has 1 heterocycles. The van der Waals surface area contributed by atoms with Crippen LogP contribution in [-0.4, -0.2) is 19.9 Å². The van der Waals surface area contributed by atoms with Crippen molar-refractivity contribution < 1.29 is 4.92 Å². The first-order valence-electron chi connectivity index (χ1n) is 5.89. The maximum Gasteiger partial charge on any atom is 0.269 e. The molecule has 0 aliphatic carbocycles. The van der Waals surface area contributed by atoms with Crippen molar-refractivity contribution >= 4 is 5.69 Å². The third-order valence-electron chi connectivity index (χ3n) is 2.98. The highest BCUT2D eigenvalue weighted by Crippen LogP contribution is 2.19. The zero-order valence-electron chi connectivity index (χ0n) is 10.8. The standard InChI is InChI=1S/C12H15N5O2/c1-9(13-7-12-8-14-15-16(12)2)10-4-3-5-11(6-10)17(18)19/h3-6,8-9,13H,7H2,1-2H3. The van der Waals surface area contributed by atoms with Crippen LogP contribution in [0.2, 0.25) is 0 Å². The lowest BCUT2D eigenvalue weighted by Crippen LogP contribution is -2.19. The van der Waals surface area contributed by atoms with E-state index >= 15 is 0 Å². The molecule has 1 N–H and O–H groups in total. The summed E-state index contributed by atoms with van der Waals surface area (Å²) >= 11 is 0. The maximum atomic E-state index is 10.7. The summed E-state index contributed by atoms with van der Waals surface area (Å²) in [4.78, 5) is 10.3. The third kappa shape index (κ3) is 3.14. The number of nitro benzene ring substituents is 1. The van der Waals surface area contributed by atoms with Gasteiger partial charge in [-0.05, 0) is 12.5 Å². The molecule has 0 saturated carbocycles. The highest BCUT2D eigenvalue weighted by molar-refractivity contribution is 5.35.